The lowest BCUT2D eigenvalue weighted by molar-refractivity contribution is -0.123. The van der Waals surface area contributed by atoms with E-state index in [0.717, 1.165) is 11.3 Å². The van der Waals surface area contributed by atoms with E-state index < -0.39 is 6.04 Å². The topological polar surface area (TPSA) is 70.6 Å². The fourth-order valence-electron chi connectivity index (χ4n) is 1.50. The van der Waals surface area contributed by atoms with Gasteiger partial charge in [-0.2, -0.15) is 0 Å². The maximum Gasteiger partial charge on any atom is 0.239 e. The Labute approximate surface area is 101 Å². The molecule has 17 heavy (non-hydrogen) atoms. The van der Waals surface area contributed by atoms with E-state index in [0.29, 0.717) is 6.54 Å². The number of rotatable bonds is 6. The average molecular weight is 238 g/mol. The molecule has 0 aromatic heterocycles. The van der Waals surface area contributed by atoms with Crippen molar-refractivity contribution in [3.63, 3.8) is 0 Å². The van der Waals surface area contributed by atoms with Crippen LogP contribution in [-0.4, -0.2) is 37.8 Å². The SMILES string of the molecule is CNC(=O)C(CO)NCc1ccccc1OC. The zero-order chi connectivity index (χ0) is 12.7. The molecule has 0 heterocycles. The van der Waals surface area contributed by atoms with Crippen molar-refractivity contribution in [2.75, 3.05) is 20.8 Å². The van der Waals surface area contributed by atoms with Gasteiger partial charge in [-0.05, 0) is 6.07 Å². The third kappa shape index (κ3) is 3.72. The lowest BCUT2D eigenvalue weighted by Crippen LogP contribution is -2.45. The van der Waals surface area contributed by atoms with E-state index in [-0.39, 0.29) is 12.5 Å². The zero-order valence-corrected chi connectivity index (χ0v) is 10.1. The van der Waals surface area contributed by atoms with Gasteiger partial charge in [0.05, 0.1) is 13.7 Å². The molecule has 0 radical (unpaired) electrons. The molecule has 1 aromatic rings. The van der Waals surface area contributed by atoms with Gasteiger partial charge in [0, 0.05) is 19.2 Å². The van der Waals surface area contributed by atoms with Crippen molar-refractivity contribution < 1.29 is 14.6 Å². The van der Waals surface area contributed by atoms with Crippen LogP contribution < -0.4 is 15.4 Å². The summed E-state index contributed by atoms with van der Waals surface area (Å²) in [5.41, 5.74) is 0.942. The predicted octanol–water partition coefficient (Wildman–Crippen LogP) is -0.108. The Hall–Kier alpha value is -1.59. The van der Waals surface area contributed by atoms with Crippen LogP contribution in [0.1, 0.15) is 5.56 Å². The van der Waals surface area contributed by atoms with Gasteiger partial charge in [0.15, 0.2) is 0 Å². The van der Waals surface area contributed by atoms with Crippen molar-refractivity contribution in [2.24, 2.45) is 0 Å². The van der Waals surface area contributed by atoms with Gasteiger partial charge in [-0.1, -0.05) is 18.2 Å². The fraction of sp³-hybridized carbons (Fsp3) is 0.417. The number of likely N-dealkylation sites (N-methyl/N-ethyl adjacent to an activating group) is 1. The number of para-hydroxylation sites is 1. The molecule has 5 heteroatoms. The molecule has 0 bridgehead atoms. The number of nitrogens with one attached hydrogen (secondary N) is 2. The molecule has 0 saturated carbocycles. The monoisotopic (exact) mass is 238 g/mol. The summed E-state index contributed by atoms with van der Waals surface area (Å²) in [6.45, 7) is 0.220. The summed E-state index contributed by atoms with van der Waals surface area (Å²) in [5, 5.41) is 14.5. The van der Waals surface area contributed by atoms with Gasteiger partial charge < -0.3 is 15.2 Å². The Balaban J connectivity index is 2.62. The lowest BCUT2D eigenvalue weighted by atomic mass is 10.2. The van der Waals surface area contributed by atoms with Crippen LogP contribution >= 0.6 is 0 Å². The number of carbonyl (C=O) groups excluding carboxylic acids is 1. The minimum absolute atomic E-state index is 0.234. The Kier molecular flexibility index (Phi) is 5.45. The number of methoxy groups -OCH3 is 1. The quantitative estimate of drug-likeness (QED) is 0.647. The summed E-state index contributed by atoms with van der Waals surface area (Å²) < 4.78 is 5.20. The summed E-state index contributed by atoms with van der Waals surface area (Å²) in [5.74, 6) is 0.524. The molecule has 94 valence electrons. The minimum atomic E-state index is -0.607. The van der Waals surface area contributed by atoms with E-state index in [1.165, 1.54) is 7.05 Å². The first-order valence-electron chi connectivity index (χ1n) is 5.40. The van der Waals surface area contributed by atoms with Crippen LogP contribution in [0.4, 0.5) is 0 Å². The van der Waals surface area contributed by atoms with E-state index in [1.54, 1.807) is 7.11 Å². The van der Waals surface area contributed by atoms with Crippen molar-refractivity contribution >= 4 is 5.91 Å². The molecular formula is C12H18N2O3. The fourth-order valence-corrected chi connectivity index (χ4v) is 1.50. The first kappa shape index (κ1) is 13.5. The number of carbonyl (C=O) groups is 1. The second kappa shape index (κ2) is 6.88. The van der Waals surface area contributed by atoms with Crippen LogP contribution in [0, 0.1) is 0 Å². The lowest BCUT2D eigenvalue weighted by Gasteiger charge is -2.15. The molecule has 0 aliphatic rings. The molecule has 5 nitrogen and oxygen atoms in total. The zero-order valence-electron chi connectivity index (χ0n) is 10.1. The normalized spacial score (nSPS) is 11.9. The van der Waals surface area contributed by atoms with Crippen LogP contribution in [0.3, 0.4) is 0 Å². The minimum Gasteiger partial charge on any atom is -0.496 e. The summed E-state index contributed by atoms with van der Waals surface area (Å²) in [4.78, 5) is 11.4. The van der Waals surface area contributed by atoms with Crippen LogP contribution in [0.5, 0.6) is 5.75 Å². The van der Waals surface area contributed by atoms with Crippen LogP contribution in [0.15, 0.2) is 24.3 Å². The standard InChI is InChI=1S/C12H18N2O3/c1-13-12(16)10(8-15)14-7-9-5-3-4-6-11(9)17-2/h3-6,10,14-15H,7-8H2,1-2H3,(H,13,16). The van der Waals surface area contributed by atoms with Crippen molar-refractivity contribution in [3.05, 3.63) is 29.8 Å². The molecule has 0 spiro atoms. The maximum atomic E-state index is 11.4. The highest BCUT2D eigenvalue weighted by atomic mass is 16.5. The third-order valence-corrected chi connectivity index (χ3v) is 2.48. The molecule has 1 aromatic carbocycles. The predicted molar refractivity (Wildman–Crippen MR) is 64.8 cm³/mol. The number of aliphatic hydroxyl groups excluding tert-OH is 1. The third-order valence-electron chi connectivity index (χ3n) is 2.48. The van der Waals surface area contributed by atoms with Gasteiger partial charge >= 0.3 is 0 Å². The molecule has 1 unspecified atom stereocenters. The molecule has 0 aliphatic heterocycles. The smallest absolute Gasteiger partial charge is 0.239 e. The van der Waals surface area contributed by atoms with Crippen LogP contribution in [0.2, 0.25) is 0 Å². The van der Waals surface area contributed by atoms with Crippen LogP contribution in [0.25, 0.3) is 0 Å². The molecule has 3 N–H and O–H groups in total. The van der Waals surface area contributed by atoms with Crippen LogP contribution in [-0.2, 0) is 11.3 Å². The van der Waals surface area contributed by atoms with Gasteiger partial charge in [0.2, 0.25) is 5.91 Å². The second-order valence-electron chi connectivity index (χ2n) is 3.54. The van der Waals surface area contributed by atoms with Crippen molar-refractivity contribution in [1.82, 2.24) is 10.6 Å². The number of amides is 1. The Bertz CT molecular complexity index is 369. The number of hydrogen-bond acceptors (Lipinski definition) is 4. The van der Waals surface area contributed by atoms with E-state index in [9.17, 15) is 4.79 Å². The molecule has 1 rings (SSSR count). The highest BCUT2D eigenvalue weighted by molar-refractivity contribution is 5.81. The van der Waals surface area contributed by atoms with E-state index >= 15 is 0 Å². The van der Waals surface area contributed by atoms with E-state index in [1.807, 2.05) is 24.3 Å². The Morgan fingerprint density at radius 1 is 1.47 bits per heavy atom. The highest BCUT2D eigenvalue weighted by Crippen LogP contribution is 2.16. The molecule has 0 saturated heterocycles. The molecule has 1 atom stereocenters. The molecular weight excluding hydrogens is 220 g/mol. The number of hydrogen-bond donors (Lipinski definition) is 3. The molecule has 1 amide bonds. The summed E-state index contributed by atoms with van der Waals surface area (Å²) >= 11 is 0. The van der Waals surface area contributed by atoms with E-state index in [4.69, 9.17) is 9.84 Å². The Morgan fingerprint density at radius 2 is 2.18 bits per heavy atom. The van der Waals surface area contributed by atoms with Crippen molar-refractivity contribution in [1.29, 1.82) is 0 Å². The summed E-state index contributed by atoms with van der Waals surface area (Å²) in [7, 11) is 3.14. The summed E-state index contributed by atoms with van der Waals surface area (Å²) in [6.07, 6.45) is 0. The molecule has 0 fully saturated rings. The van der Waals surface area contributed by atoms with Gasteiger partial charge in [0.25, 0.3) is 0 Å². The van der Waals surface area contributed by atoms with Crippen molar-refractivity contribution in [2.45, 2.75) is 12.6 Å². The average Bonchev–Trinajstić information content (AvgIpc) is 2.39. The molecule has 0 aliphatic carbocycles. The first-order valence-corrected chi connectivity index (χ1v) is 5.40. The highest BCUT2D eigenvalue weighted by Gasteiger charge is 2.15. The number of ether oxygens (including phenoxy) is 1. The van der Waals surface area contributed by atoms with Gasteiger partial charge in [-0.3, -0.25) is 10.1 Å². The Morgan fingerprint density at radius 3 is 2.76 bits per heavy atom. The number of benzene rings is 1. The van der Waals surface area contributed by atoms with Gasteiger partial charge in [-0.25, -0.2) is 0 Å². The largest absolute Gasteiger partial charge is 0.496 e. The maximum absolute atomic E-state index is 11.4. The number of aliphatic hydroxyl groups is 1. The second-order valence-corrected chi connectivity index (χ2v) is 3.54. The van der Waals surface area contributed by atoms with Gasteiger partial charge in [-0.15, -0.1) is 0 Å². The summed E-state index contributed by atoms with van der Waals surface area (Å²) in [6, 6.07) is 6.93. The van der Waals surface area contributed by atoms with Gasteiger partial charge in [0.1, 0.15) is 11.8 Å². The van der Waals surface area contributed by atoms with E-state index in [2.05, 4.69) is 10.6 Å². The van der Waals surface area contributed by atoms with Crippen molar-refractivity contribution in [3.8, 4) is 5.75 Å². The first-order chi connectivity index (χ1) is 8.22.